The minimum Gasteiger partial charge on any atom is -0.345 e. The Morgan fingerprint density at radius 2 is 2.40 bits per heavy atom. The molecule has 1 aliphatic heterocycles. The van der Waals surface area contributed by atoms with Gasteiger partial charge in [0.25, 0.3) is 0 Å². The zero-order valence-electron chi connectivity index (χ0n) is 9.95. The molecular formula is C11H22N2OS. The SMILES string of the molecule is CCN(C)C(=O)C(C)NC1CCCSC1. The minimum atomic E-state index is -0.0429. The Morgan fingerprint density at radius 3 is 2.93 bits per heavy atom. The van der Waals surface area contributed by atoms with Crippen molar-refractivity contribution in [1.29, 1.82) is 0 Å². The monoisotopic (exact) mass is 230 g/mol. The van der Waals surface area contributed by atoms with E-state index in [1.54, 1.807) is 4.90 Å². The molecule has 1 rings (SSSR count). The van der Waals surface area contributed by atoms with Crippen molar-refractivity contribution in [2.45, 2.75) is 38.8 Å². The fourth-order valence-electron chi connectivity index (χ4n) is 1.78. The van der Waals surface area contributed by atoms with Crippen molar-refractivity contribution < 1.29 is 4.79 Å². The Morgan fingerprint density at radius 1 is 1.67 bits per heavy atom. The molecule has 0 aliphatic carbocycles. The van der Waals surface area contributed by atoms with Gasteiger partial charge in [-0.25, -0.2) is 0 Å². The van der Waals surface area contributed by atoms with Crippen LogP contribution in [-0.4, -0.2) is 48.0 Å². The van der Waals surface area contributed by atoms with Crippen LogP contribution >= 0.6 is 11.8 Å². The maximum Gasteiger partial charge on any atom is 0.239 e. The third-order valence-electron chi connectivity index (χ3n) is 2.87. The number of hydrogen-bond donors (Lipinski definition) is 1. The maximum absolute atomic E-state index is 11.8. The quantitative estimate of drug-likeness (QED) is 0.791. The first-order valence-electron chi connectivity index (χ1n) is 5.74. The van der Waals surface area contributed by atoms with Crippen molar-refractivity contribution >= 4 is 17.7 Å². The lowest BCUT2D eigenvalue weighted by Crippen LogP contribution is -2.48. The van der Waals surface area contributed by atoms with Gasteiger partial charge in [0.05, 0.1) is 6.04 Å². The summed E-state index contributed by atoms with van der Waals surface area (Å²) < 4.78 is 0. The number of nitrogens with zero attached hydrogens (tertiary/aromatic N) is 1. The fraction of sp³-hybridized carbons (Fsp3) is 0.909. The van der Waals surface area contributed by atoms with Gasteiger partial charge in [0, 0.05) is 25.4 Å². The Balaban J connectivity index is 2.33. The molecule has 1 fully saturated rings. The van der Waals surface area contributed by atoms with Crippen LogP contribution in [0.1, 0.15) is 26.7 Å². The van der Waals surface area contributed by atoms with Crippen LogP contribution in [0.15, 0.2) is 0 Å². The lowest BCUT2D eigenvalue weighted by Gasteiger charge is -2.27. The summed E-state index contributed by atoms with van der Waals surface area (Å²) in [6, 6.07) is 0.478. The number of amides is 1. The Labute approximate surface area is 97.0 Å². The van der Waals surface area contributed by atoms with Crippen LogP contribution in [0.5, 0.6) is 0 Å². The summed E-state index contributed by atoms with van der Waals surface area (Å²) in [5.41, 5.74) is 0. The first-order valence-corrected chi connectivity index (χ1v) is 6.89. The second-order valence-electron chi connectivity index (χ2n) is 4.15. The van der Waals surface area contributed by atoms with Crippen LogP contribution in [0.2, 0.25) is 0 Å². The molecule has 1 amide bonds. The summed E-state index contributed by atoms with van der Waals surface area (Å²) in [5.74, 6) is 2.62. The van der Waals surface area contributed by atoms with Crippen molar-refractivity contribution in [2.24, 2.45) is 0 Å². The molecule has 1 N–H and O–H groups in total. The highest BCUT2D eigenvalue weighted by molar-refractivity contribution is 7.99. The van der Waals surface area contributed by atoms with E-state index >= 15 is 0 Å². The largest absolute Gasteiger partial charge is 0.345 e. The maximum atomic E-state index is 11.8. The second-order valence-corrected chi connectivity index (χ2v) is 5.30. The van der Waals surface area contributed by atoms with Crippen LogP contribution in [0.25, 0.3) is 0 Å². The molecule has 2 unspecified atom stereocenters. The molecule has 0 spiro atoms. The number of thioether (sulfide) groups is 1. The normalized spacial score (nSPS) is 23.5. The Bertz CT molecular complexity index is 205. The molecule has 0 saturated carbocycles. The summed E-state index contributed by atoms with van der Waals surface area (Å²) in [4.78, 5) is 13.6. The van der Waals surface area contributed by atoms with Gasteiger partial charge in [-0.15, -0.1) is 0 Å². The molecular weight excluding hydrogens is 208 g/mol. The average Bonchev–Trinajstić information content (AvgIpc) is 2.28. The van der Waals surface area contributed by atoms with Gasteiger partial charge in [-0.2, -0.15) is 11.8 Å². The first-order chi connectivity index (χ1) is 7.15. The molecule has 1 aliphatic rings. The van der Waals surface area contributed by atoms with E-state index in [-0.39, 0.29) is 11.9 Å². The third kappa shape index (κ3) is 4.03. The van der Waals surface area contributed by atoms with E-state index in [9.17, 15) is 4.79 Å². The van der Waals surface area contributed by atoms with E-state index in [2.05, 4.69) is 5.32 Å². The van der Waals surface area contributed by atoms with Crippen LogP contribution < -0.4 is 5.32 Å². The molecule has 1 heterocycles. The van der Waals surface area contributed by atoms with Crippen LogP contribution in [0.4, 0.5) is 0 Å². The van der Waals surface area contributed by atoms with Gasteiger partial charge in [0.2, 0.25) is 5.91 Å². The minimum absolute atomic E-state index is 0.0429. The van der Waals surface area contributed by atoms with Gasteiger partial charge in [-0.3, -0.25) is 4.79 Å². The van der Waals surface area contributed by atoms with Crippen molar-refractivity contribution in [3.05, 3.63) is 0 Å². The molecule has 0 aromatic carbocycles. The van der Waals surface area contributed by atoms with Gasteiger partial charge in [-0.05, 0) is 32.4 Å². The summed E-state index contributed by atoms with van der Waals surface area (Å²) in [5, 5.41) is 3.42. The van der Waals surface area contributed by atoms with Crippen LogP contribution in [-0.2, 0) is 4.79 Å². The number of carbonyl (C=O) groups excluding carboxylic acids is 1. The highest BCUT2D eigenvalue weighted by Crippen LogP contribution is 2.17. The van der Waals surface area contributed by atoms with Gasteiger partial charge in [-0.1, -0.05) is 0 Å². The van der Waals surface area contributed by atoms with Gasteiger partial charge >= 0.3 is 0 Å². The molecule has 88 valence electrons. The molecule has 2 atom stereocenters. The first kappa shape index (κ1) is 12.8. The molecule has 0 bridgehead atoms. The molecule has 0 radical (unpaired) electrons. The standard InChI is InChI=1S/C11H22N2OS/c1-4-13(3)11(14)9(2)12-10-6-5-7-15-8-10/h9-10,12H,4-8H2,1-3H3. The molecule has 3 nitrogen and oxygen atoms in total. The highest BCUT2D eigenvalue weighted by atomic mass is 32.2. The van der Waals surface area contributed by atoms with E-state index in [1.807, 2.05) is 32.7 Å². The number of carbonyl (C=O) groups is 1. The van der Waals surface area contributed by atoms with E-state index in [1.165, 1.54) is 18.6 Å². The molecule has 0 aromatic rings. The van der Waals surface area contributed by atoms with Crippen molar-refractivity contribution in [2.75, 3.05) is 25.1 Å². The second kappa shape index (κ2) is 6.38. The van der Waals surface area contributed by atoms with Crippen molar-refractivity contribution in [1.82, 2.24) is 10.2 Å². The predicted octanol–water partition coefficient (Wildman–Crippen LogP) is 1.34. The van der Waals surface area contributed by atoms with Gasteiger partial charge in [0.1, 0.15) is 0 Å². The third-order valence-corrected chi connectivity index (χ3v) is 4.08. The zero-order chi connectivity index (χ0) is 11.3. The summed E-state index contributed by atoms with van der Waals surface area (Å²) >= 11 is 1.98. The summed E-state index contributed by atoms with van der Waals surface area (Å²) in [7, 11) is 1.86. The topological polar surface area (TPSA) is 32.3 Å². The molecule has 1 saturated heterocycles. The Hall–Kier alpha value is -0.220. The van der Waals surface area contributed by atoms with Gasteiger partial charge < -0.3 is 10.2 Å². The fourth-order valence-corrected chi connectivity index (χ4v) is 2.87. The predicted molar refractivity (Wildman–Crippen MR) is 66.3 cm³/mol. The van der Waals surface area contributed by atoms with Crippen LogP contribution in [0, 0.1) is 0 Å². The number of likely N-dealkylation sites (N-methyl/N-ethyl adjacent to an activating group) is 1. The number of hydrogen-bond acceptors (Lipinski definition) is 3. The summed E-state index contributed by atoms with van der Waals surface area (Å²) in [6.45, 7) is 4.75. The summed E-state index contributed by atoms with van der Waals surface area (Å²) in [6.07, 6.45) is 2.48. The Kier molecular flexibility index (Phi) is 5.47. The lowest BCUT2D eigenvalue weighted by atomic mass is 10.1. The smallest absolute Gasteiger partial charge is 0.239 e. The van der Waals surface area contributed by atoms with Crippen molar-refractivity contribution in [3.63, 3.8) is 0 Å². The average molecular weight is 230 g/mol. The number of nitrogens with one attached hydrogen (secondary N) is 1. The van der Waals surface area contributed by atoms with Crippen molar-refractivity contribution in [3.8, 4) is 0 Å². The molecule has 0 aromatic heterocycles. The number of rotatable bonds is 4. The molecule has 15 heavy (non-hydrogen) atoms. The highest BCUT2D eigenvalue weighted by Gasteiger charge is 2.21. The lowest BCUT2D eigenvalue weighted by molar-refractivity contribution is -0.131. The van der Waals surface area contributed by atoms with E-state index in [4.69, 9.17) is 0 Å². The van der Waals surface area contributed by atoms with E-state index in [0.29, 0.717) is 6.04 Å². The van der Waals surface area contributed by atoms with E-state index < -0.39 is 0 Å². The van der Waals surface area contributed by atoms with E-state index in [0.717, 1.165) is 12.3 Å². The molecule has 4 heteroatoms. The zero-order valence-corrected chi connectivity index (χ0v) is 10.8. The van der Waals surface area contributed by atoms with Gasteiger partial charge in [0.15, 0.2) is 0 Å². The van der Waals surface area contributed by atoms with Crippen LogP contribution in [0.3, 0.4) is 0 Å².